The van der Waals surface area contributed by atoms with Gasteiger partial charge in [0.25, 0.3) is 15.7 Å². The first-order valence-electron chi connectivity index (χ1n) is 6.41. The van der Waals surface area contributed by atoms with Crippen LogP contribution in [0.1, 0.15) is 26.2 Å². The van der Waals surface area contributed by atoms with Crippen LogP contribution >= 0.6 is 34.7 Å². The van der Waals surface area contributed by atoms with Crippen LogP contribution < -0.4 is 4.72 Å². The highest BCUT2D eigenvalue weighted by Crippen LogP contribution is 2.37. The molecule has 1 saturated carbocycles. The fourth-order valence-electron chi connectivity index (χ4n) is 2.31. The first-order chi connectivity index (χ1) is 9.83. The molecule has 0 aromatic carbocycles. The molecule has 1 aromatic heterocycles. The molecule has 1 N–H and O–H groups in total. The predicted octanol–water partition coefficient (Wildman–Crippen LogP) is 3.26. The van der Waals surface area contributed by atoms with Crippen molar-refractivity contribution in [3.63, 3.8) is 0 Å². The van der Waals surface area contributed by atoms with E-state index in [9.17, 15) is 18.5 Å². The molecule has 21 heavy (non-hydrogen) atoms. The van der Waals surface area contributed by atoms with E-state index in [0.717, 1.165) is 31.1 Å². The van der Waals surface area contributed by atoms with E-state index in [1.54, 1.807) is 0 Å². The highest BCUT2D eigenvalue weighted by atomic mass is 35.5. The van der Waals surface area contributed by atoms with Crippen LogP contribution in [-0.2, 0) is 10.0 Å². The van der Waals surface area contributed by atoms with Gasteiger partial charge in [-0.05, 0) is 25.0 Å². The van der Waals surface area contributed by atoms with Gasteiger partial charge in [0.05, 0.1) is 4.92 Å². The molecule has 0 saturated heterocycles. The van der Waals surface area contributed by atoms with Crippen LogP contribution in [0.15, 0.2) is 10.3 Å². The summed E-state index contributed by atoms with van der Waals surface area (Å²) in [5, 5.41) is 11.2. The van der Waals surface area contributed by atoms with Crippen LogP contribution in [0.2, 0.25) is 4.34 Å². The maximum atomic E-state index is 12.3. The number of hydrogen-bond donors (Lipinski definition) is 1. The van der Waals surface area contributed by atoms with Gasteiger partial charge < -0.3 is 0 Å². The summed E-state index contributed by atoms with van der Waals surface area (Å²) in [5.74, 6) is 1.01. The highest BCUT2D eigenvalue weighted by Gasteiger charge is 2.31. The second-order valence-electron chi connectivity index (χ2n) is 4.69. The Morgan fingerprint density at radius 2 is 2.29 bits per heavy atom. The number of nitrogens with zero attached hydrogens (tertiary/aromatic N) is 1. The number of nitrogens with one attached hydrogen (secondary N) is 1. The second kappa shape index (κ2) is 6.82. The van der Waals surface area contributed by atoms with Crippen LogP contribution in [0.4, 0.5) is 5.69 Å². The molecule has 1 aliphatic carbocycles. The van der Waals surface area contributed by atoms with Gasteiger partial charge in [0.2, 0.25) is 0 Å². The molecule has 0 aliphatic heterocycles. The van der Waals surface area contributed by atoms with E-state index in [1.807, 2.05) is 11.8 Å². The largest absolute Gasteiger partial charge is 0.300 e. The molecular formula is C11H15ClN2O4S3. The summed E-state index contributed by atoms with van der Waals surface area (Å²) in [7, 11) is -3.75. The third-order valence-corrected chi connectivity index (χ3v) is 7.78. The Balaban J connectivity index is 2.09. The molecule has 2 rings (SSSR count). The van der Waals surface area contributed by atoms with Gasteiger partial charge >= 0.3 is 0 Å². The molecular weight excluding hydrogens is 356 g/mol. The number of thioether (sulfide) groups is 1. The highest BCUT2D eigenvalue weighted by molar-refractivity contribution is 7.99. The van der Waals surface area contributed by atoms with Crippen LogP contribution in [0.5, 0.6) is 0 Å². The minimum absolute atomic E-state index is 0.106. The summed E-state index contributed by atoms with van der Waals surface area (Å²) >= 11 is 8.25. The quantitative estimate of drug-likeness (QED) is 0.613. The Hall–Kier alpha value is -0.350. The lowest BCUT2D eigenvalue weighted by atomic mass is 10.3. The van der Waals surface area contributed by atoms with Crippen molar-refractivity contribution in [3.8, 4) is 0 Å². The first kappa shape index (κ1) is 17.0. The van der Waals surface area contributed by atoms with E-state index in [0.29, 0.717) is 16.6 Å². The number of sulfonamides is 1. The molecule has 1 fully saturated rings. The van der Waals surface area contributed by atoms with Gasteiger partial charge in [-0.15, -0.1) is 11.3 Å². The van der Waals surface area contributed by atoms with Gasteiger partial charge in [0.1, 0.15) is 4.21 Å². The molecule has 118 valence electrons. The molecule has 6 nitrogen and oxygen atoms in total. The zero-order chi connectivity index (χ0) is 15.6. The normalized spacial score (nSPS) is 22.6. The molecule has 0 bridgehead atoms. The van der Waals surface area contributed by atoms with Crippen molar-refractivity contribution in [2.24, 2.45) is 0 Å². The standard InChI is InChI=1S/C11H15ClN2O4S3/c1-2-19-8-4-3-7(5-8)13-21(17,18)10-6-9(14(15)16)11(12)20-10/h6-8,13H,2-5H2,1H3. The molecule has 1 heterocycles. The van der Waals surface area contributed by atoms with E-state index in [4.69, 9.17) is 11.6 Å². The SMILES string of the molecule is CCSC1CCC(NS(=O)(=O)c2cc([N+](=O)[O-])c(Cl)s2)C1. The van der Waals surface area contributed by atoms with Crippen LogP contribution in [0.25, 0.3) is 0 Å². The van der Waals surface area contributed by atoms with Gasteiger partial charge in [0.15, 0.2) is 4.34 Å². The molecule has 2 unspecified atom stereocenters. The zero-order valence-corrected chi connectivity index (χ0v) is 14.4. The minimum atomic E-state index is -3.75. The van der Waals surface area contributed by atoms with E-state index >= 15 is 0 Å². The van der Waals surface area contributed by atoms with Crippen molar-refractivity contribution in [1.82, 2.24) is 4.72 Å². The van der Waals surface area contributed by atoms with Gasteiger partial charge in [-0.1, -0.05) is 18.5 Å². The van der Waals surface area contributed by atoms with Crippen molar-refractivity contribution >= 4 is 50.4 Å². The summed E-state index contributed by atoms with van der Waals surface area (Å²) in [6.45, 7) is 2.08. The lowest BCUT2D eigenvalue weighted by Gasteiger charge is -2.12. The Morgan fingerprint density at radius 1 is 1.57 bits per heavy atom. The summed E-state index contributed by atoms with van der Waals surface area (Å²) in [6, 6.07) is 0.904. The Bertz CT molecular complexity index is 631. The zero-order valence-electron chi connectivity index (χ0n) is 11.2. The van der Waals surface area contributed by atoms with Crippen molar-refractivity contribution < 1.29 is 13.3 Å². The summed E-state index contributed by atoms with van der Waals surface area (Å²) < 4.78 is 26.9. The average Bonchev–Trinajstić information content (AvgIpc) is 2.96. The number of rotatable bonds is 6. The number of thiophene rings is 1. The van der Waals surface area contributed by atoms with Gasteiger partial charge in [-0.3, -0.25) is 10.1 Å². The van der Waals surface area contributed by atoms with Crippen LogP contribution in [-0.4, -0.2) is 30.4 Å². The van der Waals surface area contributed by atoms with Crippen molar-refractivity contribution in [2.45, 2.75) is 41.7 Å². The van der Waals surface area contributed by atoms with E-state index < -0.39 is 14.9 Å². The van der Waals surface area contributed by atoms with Crippen LogP contribution in [0, 0.1) is 10.1 Å². The van der Waals surface area contributed by atoms with Gasteiger partial charge in [-0.2, -0.15) is 11.8 Å². The second-order valence-corrected chi connectivity index (χ2v) is 9.86. The predicted molar refractivity (Wildman–Crippen MR) is 85.9 cm³/mol. The maximum absolute atomic E-state index is 12.3. The van der Waals surface area contributed by atoms with E-state index in [2.05, 4.69) is 11.6 Å². The Morgan fingerprint density at radius 3 is 2.86 bits per heavy atom. The average molecular weight is 371 g/mol. The van der Waals surface area contributed by atoms with E-state index in [-0.39, 0.29) is 20.3 Å². The third-order valence-electron chi connectivity index (χ3n) is 3.22. The summed E-state index contributed by atoms with van der Waals surface area (Å²) in [4.78, 5) is 10.1. The van der Waals surface area contributed by atoms with Crippen molar-refractivity contribution in [3.05, 3.63) is 20.5 Å². The Labute approximate surface area is 136 Å². The molecule has 0 amide bonds. The van der Waals surface area contributed by atoms with E-state index in [1.165, 1.54) is 0 Å². The minimum Gasteiger partial charge on any atom is -0.258 e. The molecule has 2 atom stereocenters. The smallest absolute Gasteiger partial charge is 0.258 e. The molecule has 0 spiro atoms. The molecule has 1 aromatic rings. The van der Waals surface area contributed by atoms with Gasteiger partial charge in [-0.25, -0.2) is 13.1 Å². The molecule has 1 aliphatic rings. The van der Waals surface area contributed by atoms with Gasteiger partial charge in [0, 0.05) is 17.4 Å². The number of hydrogen-bond acceptors (Lipinski definition) is 6. The first-order valence-corrected chi connectivity index (χ1v) is 10.1. The van der Waals surface area contributed by atoms with Crippen LogP contribution in [0.3, 0.4) is 0 Å². The lowest BCUT2D eigenvalue weighted by Crippen LogP contribution is -2.32. The van der Waals surface area contributed by atoms with Crippen molar-refractivity contribution in [1.29, 1.82) is 0 Å². The lowest BCUT2D eigenvalue weighted by molar-refractivity contribution is -0.384. The topological polar surface area (TPSA) is 89.3 Å². The van der Waals surface area contributed by atoms with Crippen molar-refractivity contribution in [2.75, 3.05) is 5.75 Å². The fourth-order valence-corrected chi connectivity index (χ4v) is 6.41. The number of nitro groups is 1. The third kappa shape index (κ3) is 4.10. The molecule has 10 heteroatoms. The number of halogens is 1. The fraction of sp³-hybridized carbons (Fsp3) is 0.636. The maximum Gasteiger partial charge on any atom is 0.300 e. The summed E-state index contributed by atoms with van der Waals surface area (Å²) in [6.07, 6.45) is 2.56. The molecule has 0 radical (unpaired) electrons. The Kier molecular flexibility index (Phi) is 5.53. The summed E-state index contributed by atoms with van der Waals surface area (Å²) in [5.41, 5.74) is -0.368. The monoisotopic (exact) mass is 370 g/mol.